The normalized spacial score (nSPS) is 12.9. The Kier molecular flexibility index (Phi) is 45.1. The van der Waals surface area contributed by atoms with Crippen LogP contribution < -0.4 is 0 Å². The fraction of sp³-hybridized carbons (Fsp3) is 0.648. The second-order valence-electron chi connectivity index (χ2n) is 15.6. The van der Waals surface area contributed by atoms with Crippen LogP contribution in [0.2, 0.25) is 0 Å². The van der Waals surface area contributed by atoms with Gasteiger partial charge in [0.05, 0.1) is 0 Å². The Labute approximate surface area is 368 Å². The smallest absolute Gasteiger partial charge is 0.306 e. The maximum absolute atomic E-state index is 12.7. The predicted octanol–water partition coefficient (Wildman–Crippen LogP) is 15.8. The molecule has 0 spiro atoms. The van der Waals surface area contributed by atoms with Crippen molar-refractivity contribution in [3.8, 4) is 0 Å². The van der Waals surface area contributed by atoms with E-state index in [2.05, 4.69) is 118 Å². The Morgan fingerprint density at radius 3 is 1.07 bits per heavy atom. The first-order valence-corrected chi connectivity index (χ1v) is 24.2. The second kappa shape index (κ2) is 48.0. The number of hydrogen-bond donors (Lipinski definition) is 0. The highest BCUT2D eigenvalue weighted by molar-refractivity contribution is 5.71. The van der Waals surface area contributed by atoms with Crippen molar-refractivity contribution in [1.29, 1.82) is 0 Å². The van der Waals surface area contributed by atoms with Crippen molar-refractivity contribution in [3.63, 3.8) is 0 Å². The number of unbranched alkanes of at least 4 members (excludes halogenated alkanes) is 15. The van der Waals surface area contributed by atoms with Crippen molar-refractivity contribution in [1.82, 2.24) is 0 Å². The maximum atomic E-state index is 12.7. The standard InChI is InChI=1S/C54H88O6/c1-4-7-10-13-16-19-21-23-25-26-27-28-29-31-32-35-38-41-44-47-53(56)59-50-51(49-58-52(55)46-43-40-37-34-18-15-12-9-6-3)60-54(57)48-45-42-39-36-33-30-24-22-20-17-14-11-8-5-2/h7,9-10,12,16,18-19,23,25,27-28,30-34,51H,4-6,8,11,13-15,17,20-22,24,26,29,35-50H2,1-3H3/b10-7-,12-9-,19-16-,25-23-,28-27-,32-31-,33-30-,34-18-. The highest BCUT2D eigenvalue weighted by Crippen LogP contribution is 2.12. The molecule has 0 radical (unpaired) electrons. The molecule has 340 valence electrons. The number of rotatable bonds is 42. The van der Waals surface area contributed by atoms with Crippen LogP contribution in [-0.4, -0.2) is 37.2 Å². The van der Waals surface area contributed by atoms with E-state index < -0.39 is 6.10 Å². The third kappa shape index (κ3) is 45.4. The zero-order valence-electron chi connectivity index (χ0n) is 38.7. The zero-order valence-corrected chi connectivity index (χ0v) is 38.7. The molecule has 0 fully saturated rings. The number of esters is 3. The third-order valence-corrected chi connectivity index (χ3v) is 9.80. The summed E-state index contributed by atoms with van der Waals surface area (Å²) in [5.74, 6) is -1.00. The Morgan fingerprint density at radius 1 is 0.350 bits per heavy atom. The van der Waals surface area contributed by atoms with Gasteiger partial charge in [0.15, 0.2) is 6.10 Å². The molecule has 0 rings (SSSR count). The molecule has 0 heterocycles. The maximum Gasteiger partial charge on any atom is 0.306 e. The predicted molar refractivity (Wildman–Crippen MR) is 256 cm³/mol. The van der Waals surface area contributed by atoms with Crippen molar-refractivity contribution in [3.05, 3.63) is 97.2 Å². The van der Waals surface area contributed by atoms with Crippen molar-refractivity contribution in [2.45, 2.75) is 213 Å². The van der Waals surface area contributed by atoms with E-state index in [1.165, 1.54) is 44.9 Å². The lowest BCUT2D eigenvalue weighted by Crippen LogP contribution is -2.30. The molecule has 1 unspecified atom stereocenters. The van der Waals surface area contributed by atoms with E-state index in [0.29, 0.717) is 19.3 Å². The molecule has 0 saturated carbocycles. The summed E-state index contributed by atoms with van der Waals surface area (Å²) in [4.78, 5) is 37.8. The lowest BCUT2D eigenvalue weighted by Gasteiger charge is -2.18. The zero-order chi connectivity index (χ0) is 43.7. The largest absolute Gasteiger partial charge is 0.462 e. The first kappa shape index (κ1) is 56.3. The van der Waals surface area contributed by atoms with Gasteiger partial charge in [-0.05, 0) is 116 Å². The minimum atomic E-state index is -0.811. The molecule has 0 amide bonds. The summed E-state index contributed by atoms with van der Waals surface area (Å²) in [5, 5.41) is 0. The Morgan fingerprint density at radius 2 is 0.650 bits per heavy atom. The van der Waals surface area contributed by atoms with Crippen LogP contribution in [0.4, 0.5) is 0 Å². The summed E-state index contributed by atoms with van der Waals surface area (Å²) >= 11 is 0. The van der Waals surface area contributed by atoms with E-state index in [1.54, 1.807) is 0 Å². The van der Waals surface area contributed by atoms with Crippen molar-refractivity contribution >= 4 is 17.9 Å². The van der Waals surface area contributed by atoms with Gasteiger partial charge < -0.3 is 14.2 Å². The minimum absolute atomic E-state index is 0.112. The highest BCUT2D eigenvalue weighted by atomic mass is 16.6. The quantitative estimate of drug-likeness (QED) is 0.0264. The van der Waals surface area contributed by atoms with Crippen molar-refractivity contribution in [2.75, 3.05) is 13.2 Å². The molecule has 0 bridgehead atoms. The summed E-state index contributed by atoms with van der Waals surface area (Å²) in [7, 11) is 0. The van der Waals surface area contributed by atoms with Crippen LogP contribution in [0.1, 0.15) is 207 Å². The molecule has 60 heavy (non-hydrogen) atoms. The van der Waals surface area contributed by atoms with Gasteiger partial charge in [0.1, 0.15) is 13.2 Å². The molecule has 0 saturated heterocycles. The fourth-order valence-corrected chi connectivity index (χ4v) is 6.20. The average Bonchev–Trinajstić information content (AvgIpc) is 3.24. The summed E-state index contributed by atoms with van der Waals surface area (Å²) in [6.07, 6.45) is 62.6. The first-order chi connectivity index (χ1) is 29.5. The molecule has 0 aromatic rings. The van der Waals surface area contributed by atoms with Gasteiger partial charge >= 0.3 is 17.9 Å². The van der Waals surface area contributed by atoms with Gasteiger partial charge in [0.25, 0.3) is 0 Å². The SMILES string of the molecule is CC/C=C\C/C=C\C/C=C\C/C=C\C/C=C\CCCCCC(=O)OCC(COC(=O)CCCC/C=C\C/C=C\CC)OC(=O)CCCCC/C=C\CCCCCCCCC. The number of hydrogen-bond acceptors (Lipinski definition) is 6. The Balaban J connectivity index is 4.45. The first-order valence-electron chi connectivity index (χ1n) is 24.2. The van der Waals surface area contributed by atoms with E-state index in [1.807, 2.05) is 0 Å². The molecule has 6 nitrogen and oxygen atoms in total. The molecule has 0 N–H and O–H groups in total. The average molecular weight is 833 g/mol. The summed E-state index contributed by atoms with van der Waals surface area (Å²) in [5.41, 5.74) is 0. The molecule has 0 aliphatic rings. The van der Waals surface area contributed by atoms with Crippen molar-refractivity contribution in [2.24, 2.45) is 0 Å². The van der Waals surface area contributed by atoms with Gasteiger partial charge in [-0.2, -0.15) is 0 Å². The van der Waals surface area contributed by atoms with Crippen LogP contribution in [-0.2, 0) is 28.6 Å². The second-order valence-corrected chi connectivity index (χ2v) is 15.6. The highest BCUT2D eigenvalue weighted by Gasteiger charge is 2.19. The van der Waals surface area contributed by atoms with Gasteiger partial charge in [0, 0.05) is 19.3 Å². The van der Waals surface area contributed by atoms with Gasteiger partial charge in [-0.15, -0.1) is 0 Å². The van der Waals surface area contributed by atoms with Crippen LogP contribution >= 0.6 is 0 Å². The van der Waals surface area contributed by atoms with Crippen LogP contribution in [0.5, 0.6) is 0 Å². The topological polar surface area (TPSA) is 78.9 Å². The van der Waals surface area contributed by atoms with Crippen LogP contribution in [0.3, 0.4) is 0 Å². The lowest BCUT2D eigenvalue weighted by atomic mass is 10.1. The molecule has 0 aliphatic carbocycles. The minimum Gasteiger partial charge on any atom is -0.462 e. The van der Waals surface area contributed by atoms with Gasteiger partial charge in [-0.3, -0.25) is 14.4 Å². The van der Waals surface area contributed by atoms with Gasteiger partial charge in [0.2, 0.25) is 0 Å². The molecule has 6 heteroatoms. The summed E-state index contributed by atoms with van der Waals surface area (Å²) < 4.78 is 16.6. The molecule has 0 aromatic carbocycles. The van der Waals surface area contributed by atoms with Gasteiger partial charge in [-0.1, -0.05) is 169 Å². The van der Waals surface area contributed by atoms with Gasteiger partial charge in [-0.25, -0.2) is 0 Å². The monoisotopic (exact) mass is 833 g/mol. The molecule has 1 atom stereocenters. The number of ether oxygens (including phenoxy) is 3. The number of allylic oxidation sites excluding steroid dienone is 16. The number of carbonyl (C=O) groups excluding carboxylic acids is 3. The Bertz CT molecular complexity index is 1230. The van der Waals surface area contributed by atoms with E-state index in [-0.39, 0.29) is 31.1 Å². The van der Waals surface area contributed by atoms with Crippen molar-refractivity contribution < 1.29 is 28.6 Å². The van der Waals surface area contributed by atoms with E-state index in [4.69, 9.17) is 14.2 Å². The van der Waals surface area contributed by atoms with Crippen LogP contribution in [0, 0.1) is 0 Å². The summed E-state index contributed by atoms with van der Waals surface area (Å²) in [6.45, 7) is 6.30. The van der Waals surface area contributed by atoms with E-state index >= 15 is 0 Å². The molecular weight excluding hydrogens is 745 g/mol. The Hall–Kier alpha value is -3.67. The molecule has 0 aromatic heterocycles. The lowest BCUT2D eigenvalue weighted by molar-refractivity contribution is -0.167. The van der Waals surface area contributed by atoms with E-state index in [0.717, 1.165) is 122 Å². The molecular formula is C54H88O6. The number of carbonyl (C=O) groups is 3. The van der Waals surface area contributed by atoms with Crippen LogP contribution in [0.25, 0.3) is 0 Å². The summed E-state index contributed by atoms with van der Waals surface area (Å²) in [6, 6.07) is 0. The van der Waals surface area contributed by atoms with Crippen LogP contribution in [0.15, 0.2) is 97.2 Å². The molecule has 0 aliphatic heterocycles. The third-order valence-electron chi connectivity index (χ3n) is 9.80. The van der Waals surface area contributed by atoms with E-state index in [9.17, 15) is 14.4 Å². The fourth-order valence-electron chi connectivity index (χ4n) is 6.20.